The number of fused-ring (bicyclic) bond motifs is 1. The molecule has 5 rings (SSSR count). The number of benzene rings is 2. The lowest BCUT2D eigenvalue weighted by Crippen LogP contribution is -2.36. The fourth-order valence-electron chi connectivity index (χ4n) is 5.39. The predicted molar refractivity (Wildman–Crippen MR) is 143 cm³/mol. The average molecular weight is 475 g/mol. The lowest BCUT2D eigenvalue weighted by Gasteiger charge is -2.28. The van der Waals surface area contributed by atoms with Gasteiger partial charge in [-0.2, -0.15) is 0 Å². The van der Waals surface area contributed by atoms with E-state index in [1.807, 2.05) is 10.8 Å². The van der Waals surface area contributed by atoms with Crippen molar-refractivity contribution in [3.8, 4) is 11.1 Å². The van der Waals surface area contributed by atoms with Gasteiger partial charge in [-0.1, -0.05) is 43.5 Å². The van der Waals surface area contributed by atoms with Crippen molar-refractivity contribution in [1.29, 1.82) is 0 Å². The van der Waals surface area contributed by atoms with Crippen LogP contribution in [-0.4, -0.2) is 56.4 Å². The molecule has 1 saturated carbocycles. The summed E-state index contributed by atoms with van der Waals surface area (Å²) in [5.41, 5.74) is 4.68. The summed E-state index contributed by atoms with van der Waals surface area (Å²) >= 11 is 0. The van der Waals surface area contributed by atoms with Gasteiger partial charge in [-0.15, -0.1) is 0 Å². The first-order valence-electron chi connectivity index (χ1n) is 13.3. The number of aromatic nitrogens is 1. The lowest BCUT2D eigenvalue weighted by molar-refractivity contribution is -0.121. The third-order valence-corrected chi connectivity index (χ3v) is 7.45. The number of rotatable bonds is 9. The molecule has 0 spiro atoms. The summed E-state index contributed by atoms with van der Waals surface area (Å²) < 4.78 is 7.51. The average Bonchev–Trinajstić information content (AvgIpc) is 3.31. The molecule has 1 saturated heterocycles. The van der Waals surface area contributed by atoms with Crippen molar-refractivity contribution in [2.75, 3.05) is 50.8 Å². The molecule has 2 aromatic carbocycles. The highest BCUT2D eigenvalue weighted by Crippen LogP contribution is 2.27. The number of carbonyl (C=O) groups excluding carboxylic acids is 1. The number of nitrogens with one attached hydrogen (secondary N) is 2. The van der Waals surface area contributed by atoms with E-state index in [-0.39, 0.29) is 5.91 Å². The number of ether oxygens (including phenoxy) is 1. The smallest absolute Gasteiger partial charge is 0.239 e. The lowest BCUT2D eigenvalue weighted by atomic mass is 9.89. The van der Waals surface area contributed by atoms with Crippen LogP contribution in [0.3, 0.4) is 0 Å². The van der Waals surface area contributed by atoms with Crippen LogP contribution in [0.25, 0.3) is 22.0 Å². The Hall–Kier alpha value is -2.83. The quantitative estimate of drug-likeness (QED) is 0.451. The minimum atomic E-state index is 0.0576. The second-order valence-electron chi connectivity index (χ2n) is 9.92. The maximum Gasteiger partial charge on any atom is 0.239 e. The molecular weight excluding hydrogens is 436 g/mol. The molecule has 1 aliphatic carbocycles. The highest BCUT2D eigenvalue weighted by Gasteiger charge is 2.13. The van der Waals surface area contributed by atoms with Crippen LogP contribution in [0.1, 0.15) is 32.1 Å². The predicted octanol–water partition coefficient (Wildman–Crippen LogP) is 4.43. The topological polar surface area (TPSA) is 58.5 Å². The summed E-state index contributed by atoms with van der Waals surface area (Å²) in [6.45, 7) is 6.39. The van der Waals surface area contributed by atoms with Crippen LogP contribution < -0.4 is 15.5 Å². The first kappa shape index (κ1) is 23.9. The van der Waals surface area contributed by atoms with Gasteiger partial charge in [0.1, 0.15) is 6.54 Å². The van der Waals surface area contributed by atoms with Crippen LogP contribution in [0.15, 0.2) is 54.7 Å². The highest BCUT2D eigenvalue weighted by molar-refractivity contribution is 5.87. The molecular formula is C29H38N4O2. The third-order valence-electron chi connectivity index (χ3n) is 7.45. The van der Waals surface area contributed by atoms with Gasteiger partial charge in [0.15, 0.2) is 0 Å². The van der Waals surface area contributed by atoms with Gasteiger partial charge in [-0.3, -0.25) is 4.79 Å². The second kappa shape index (κ2) is 11.7. The van der Waals surface area contributed by atoms with E-state index in [4.69, 9.17) is 4.74 Å². The largest absolute Gasteiger partial charge is 0.378 e. The monoisotopic (exact) mass is 474 g/mol. The number of morpholine rings is 1. The standard InChI is InChI=1S/C29H38N4O2/c34-29(31-14-13-30-21-23-4-2-1-3-5-23)22-33-15-12-25-6-7-26(20-28(25)33)24-8-10-27(11-9-24)32-16-18-35-19-17-32/h6-12,15,20,23,30H,1-5,13-14,16-19,21-22H2,(H,31,34). The molecule has 0 bridgehead atoms. The Morgan fingerprint density at radius 3 is 2.49 bits per heavy atom. The van der Waals surface area contributed by atoms with E-state index in [0.717, 1.165) is 56.2 Å². The van der Waals surface area contributed by atoms with Gasteiger partial charge in [0, 0.05) is 43.6 Å². The van der Waals surface area contributed by atoms with Crippen LogP contribution in [0, 0.1) is 5.92 Å². The van der Waals surface area contributed by atoms with E-state index in [1.54, 1.807) is 0 Å². The summed E-state index contributed by atoms with van der Waals surface area (Å²) in [5, 5.41) is 7.74. The Morgan fingerprint density at radius 1 is 0.914 bits per heavy atom. The minimum absolute atomic E-state index is 0.0576. The van der Waals surface area contributed by atoms with Gasteiger partial charge in [0.25, 0.3) is 0 Å². The second-order valence-corrected chi connectivity index (χ2v) is 9.92. The van der Waals surface area contributed by atoms with Crippen molar-refractivity contribution in [2.45, 2.75) is 38.6 Å². The van der Waals surface area contributed by atoms with Crippen LogP contribution in [0.2, 0.25) is 0 Å². The molecule has 0 unspecified atom stereocenters. The summed E-state index contributed by atoms with van der Waals surface area (Å²) in [4.78, 5) is 15.0. The SMILES string of the molecule is O=C(Cn1ccc2ccc(-c3ccc(N4CCOCC4)cc3)cc21)NCCNCC1CCCCC1. The van der Waals surface area contributed by atoms with E-state index < -0.39 is 0 Å². The van der Waals surface area contributed by atoms with Gasteiger partial charge >= 0.3 is 0 Å². The Kier molecular flexibility index (Phi) is 8.01. The maximum atomic E-state index is 12.6. The van der Waals surface area contributed by atoms with E-state index in [2.05, 4.69) is 64.1 Å². The molecule has 35 heavy (non-hydrogen) atoms. The molecule has 6 nitrogen and oxygen atoms in total. The number of anilines is 1. The molecule has 1 aliphatic heterocycles. The van der Waals surface area contributed by atoms with Crippen LogP contribution in [0.5, 0.6) is 0 Å². The first-order chi connectivity index (χ1) is 17.3. The number of hydrogen-bond donors (Lipinski definition) is 2. The number of amides is 1. The van der Waals surface area contributed by atoms with Gasteiger partial charge in [-0.25, -0.2) is 0 Å². The summed E-state index contributed by atoms with van der Waals surface area (Å²) in [7, 11) is 0. The van der Waals surface area contributed by atoms with E-state index in [0.29, 0.717) is 13.1 Å². The summed E-state index contributed by atoms with van der Waals surface area (Å²) in [5.74, 6) is 0.873. The summed E-state index contributed by atoms with van der Waals surface area (Å²) in [6.07, 6.45) is 8.84. The molecule has 3 aromatic rings. The fraction of sp³-hybridized carbons (Fsp3) is 0.483. The Bertz CT molecular complexity index is 1100. The van der Waals surface area contributed by atoms with Gasteiger partial charge < -0.3 is 24.8 Å². The highest BCUT2D eigenvalue weighted by atomic mass is 16.5. The zero-order valence-corrected chi connectivity index (χ0v) is 20.7. The van der Waals surface area contributed by atoms with Crippen molar-refractivity contribution < 1.29 is 9.53 Å². The zero-order chi connectivity index (χ0) is 23.9. The van der Waals surface area contributed by atoms with Crippen LogP contribution in [0.4, 0.5) is 5.69 Å². The van der Waals surface area contributed by atoms with Crippen molar-refractivity contribution in [3.05, 3.63) is 54.7 Å². The molecule has 186 valence electrons. The Balaban J connectivity index is 1.15. The Morgan fingerprint density at radius 2 is 1.69 bits per heavy atom. The molecule has 1 amide bonds. The van der Waals surface area contributed by atoms with Gasteiger partial charge in [-0.05, 0) is 66.1 Å². The summed E-state index contributed by atoms with van der Waals surface area (Å²) in [6, 6.07) is 17.3. The zero-order valence-electron chi connectivity index (χ0n) is 20.7. The Labute approximate surface area is 208 Å². The van der Waals surface area contributed by atoms with E-state index >= 15 is 0 Å². The molecule has 2 fully saturated rings. The fourth-order valence-corrected chi connectivity index (χ4v) is 5.39. The molecule has 2 heterocycles. The van der Waals surface area contributed by atoms with Gasteiger partial charge in [0.05, 0.1) is 13.2 Å². The third kappa shape index (κ3) is 6.24. The normalized spacial score (nSPS) is 17.1. The molecule has 0 atom stereocenters. The molecule has 0 radical (unpaired) electrons. The molecule has 2 aliphatic rings. The van der Waals surface area contributed by atoms with Crippen molar-refractivity contribution in [3.63, 3.8) is 0 Å². The minimum Gasteiger partial charge on any atom is -0.378 e. The molecule has 2 N–H and O–H groups in total. The molecule has 6 heteroatoms. The van der Waals surface area contributed by atoms with E-state index in [9.17, 15) is 4.79 Å². The van der Waals surface area contributed by atoms with Crippen LogP contribution >= 0.6 is 0 Å². The number of hydrogen-bond acceptors (Lipinski definition) is 4. The van der Waals surface area contributed by atoms with Crippen molar-refractivity contribution in [1.82, 2.24) is 15.2 Å². The number of nitrogens with zero attached hydrogens (tertiary/aromatic N) is 2. The number of carbonyl (C=O) groups is 1. The first-order valence-corrected chi connectivity index (χ1v) is 13.3. The van der Waals surface area contributed by atoms with Crippen LogP contribution in [-0.2, 0) is 16.1 Å². The molecule has 1 aromatic heterocycles. The van der Waals surface area contributed by atoms with Crippen molar-refractivity contribution in [2.24, 2.45) is 5.92 Å². The van der Waals surface area contributed by atoms with E-state index in [1.165, 1.54) is 48.9 Å². The van der Waals surface area contributed by atoms with Gasteiger partial charge in [0.2, 0.25) is 5.91 Å². The maximum absolute atomic E-state index is 12.6. The van der Waals surface area contributed by atoms with Crippen molar-refractivity contribution >= 4 is 22.5 Å².